The zero-order chi connectivity index (χ0) is 15.5. The van der Waals surface area contributed by atoms with Crippen LogP contribution in [0.2, 0.25) is 0 Å². The maximum atomic E-state index is 11.9. The molecule has 0 aromatic heterocycles. The summed E-state index contributed by atoms with van der Waals surface area (Å²) in [4.78, 5) is 24.3. The minimum atomic E-state index is -4.56. The van der Waals surface area contributed by atoms with Crippen LogP contribution in [0.15, 0.2) is 24.3 Å². The van der Waals surface area contributed by atoms with Crippen molar-refractivity contribution >= 4 is 17.6 Å². The molecule has 1 aromatic carbocycles. The van der Waals surface area contributed by atoms with E-state index >= 15 is 0 Å². The Morgan fingerprint density at radius 3 is 2.76 bits per heavy atom. The fourth-order valence-electron chi connectivity index (χ4n) is 1.84. The Morgan fingerprint density at radius 2 is 2.05 bits per heavy atom. The predicted octanol–water partition coefficient (Wildman–Crippen LogP) is 1.91. The molecule has 0 unspecified atom stereocenters. The van der Waals surface area contributed by atoms with Gasteiger partial charge in [-0.25, -0.2) is 0 Å². The fraction of sp³-hybridized carbons (Fsp3) is 0.385. The number of hydrogen-bond donors (Lipinski definition) is 0. The first-order valence-corrected chi connectivity index (χ1v) is 6.11. The van der Waals surface area contributed by atoms with Gasteiger partial charge in [0.2, 0.25) is 0 Å². The molecular weight excluding hydrogens is 291 g/mol. The highest BCUT2D eigenvalue weighted by atomic mass is 19.4. The lowest BCUT2D eigenvalue weighted by Gasteiger charge is -2.28. The van der Waals surface area contributed by atoms with E-state index in [0.29, 0.717) is 11.4 Å². The van der Waals surface area contributed by atoms with Crippen LogP contribution >= 0.6 is 0 Å². The standard InChI is InChI=1S/C13H12F3NO4/c14-13(15,16)8-21-12(19)5-6-17-9-3-1-2-4-10(9)20-7-11(17)18/h1-4H,5-8H2. The van der Waals surface area contributed by atoms with Crippen LogP contribution in [0.1, 0.15) is 6.42 Å². The summed E-state index contributed by atoms with van der Waals surface area (Å²) in [5.41, 5.74) is 0.484. The van der Waals surface area contributed by atoms with Crippen LogP contribution in [0.5, 0.6) is 5.75 Å². The number of carbonyl (C=O) groups excluding carboxylic acids is 2. The lowest BCUT2D eigenvalue weighted by molar-refractivity contribution is -0.186. The Bertz CT molecular complexity index is 544. The minimum Gasteiger partial charge on any atom is -0.482 e. The second-order valence-electron chi connectivity index (χ2n) is 4.33. The molecule has 0 radical (unpaired) electrons. The molecule has 0 atom stereocenters. The van der Waals surface area contributed by atoms with Crippen molar-refractivity contribution in [3.05, 3.63) is 24.3 Å². The molecule has 0 fully saturated rings. The average molecular weight is 303 g/mol. The number of hydrogen-bond acceptors (Lipinski definition) is 4. The van der Waals surface area contributed by atoms with Gasteiger partial charge in [-0.15, -0.1) is 0 Å². The van der Waals surface area contributed by atoms with E-state index in [1.54, 1.807) is 24.3 Å². The Balaban J connectivity index is 1.94. The molecule has 21 heavy (non-hydrogen) atoms. The third-order valence-electron chi connectivity index (χ3n) is 2.74. The smallest absolute Gasteiger partial charge is 0.422 e. The highest BCUT2D eigenvalue weighted by Gasteiger charge is 2.30. The van der Waals surface area contributed by atoms with Gasteiger partial charge in [0.25, 0.3) is 5.91 Å². The summed E-state index contributed by atoms with van der Waals surface area (Å²) in [6, 6.07) is 6.71. The molecule has 1 amide bonds. The van der Waals surface area contributed by atoms with Crippen LogP contribution in [0, 0.1) is 0 Å². The van der Waals surface area contributed by atoms with E-state index in [1.807, 2.05) is 0 Å². The summed E-state index contributed by atoms with van der Waals surface area (Å²) in [5.74, 6) is -0.887. The SMILES string of the molecule is O=C(CCN1C(=O)COc2ccccc21)OCC(F)(F)F. The van der Waals surface area contributed by atoms with Crippen molar-refractivity contribution in [3.63, 3.8) is 0 Å². The van der Waals surface area contributed by atoms with Crippen molar-refractivity contribution in [2.45, 2.75) is 12.6 Å². The number of halogens is 3. The van der Waals surface area contributed by atoms with Gasteiger partial charge >= 0.3 is 12.1 Å². The number of nitrogens with zero attached hydrogens (tertiary/aromatic N) is 1. The van der Waals surface area contributed by atoms with Crippen LogP contribution in [0.4, 0.5) is 18.9 Å². The van der Waals surface area contributed by atoms with Crippen LogP contribution in [0.25, 0.3) is 0 Å². The Kier molecular flexibility index (Phi) is 4.35. The maximum Gasteiger partial charge on any atom is 0.422 e. The number of rotatable bonds is 4. The van der Waals surface area contributed by atoms with Crippen LogP contribution < -0.4 is 9.64 Å². The van der Waals surface area contributed by atoms with E-state index in [9.17, 15) is 22.8 Å². The number of alkyl halides is 3. The summed E-state index contributed by atoms with van der Waals surface area (Å²) >= 11 is 0. The zero-order valence-electron chi connectivity index (χ0n) is 10.9. The van der Waals surface area contributed by atoms with Crippen LogP contribution in [-0.4, -0.2) is 37.8 Å². The monoisotopic (exact) mass is 303 g/mol. The van der Waals surface area contributed by atoms with Gasteiger partial charge in [-0.05, 0) is 12.1 Å². The van der Waals surface area contributed by atoms with E-state index in [1.165, 1.54) is 4.90 Å². The predicted molar refractivity (Wildman–Crippen MR) is 65.9 cm³/mol. The zero-order valence-corrected chi connectivity index (χ0v) is 10.9. The van der Waals surface area contributed by atoms with E-state index in [0.717, 1.165) is 0 Å². The third-order valence-corrected chi connectivity index (χ3v) is 2.74. The van der Waals surface area contributed by atoms with Gasteiger partial charge in [-0.1, -0.05) is 12.1 Å². The number of benzene rings is 1. The molecule has 5 nitrogen and oxygen atoms in total. The number of para-hydroxylation sites is 2. The quantitative estimate of drug-likeness (QED) is 0.797. The maximum absolute atomic E-state index is 11.9. The minimum absolute atomic E-state index is 0.0596. The van der Waals surface area contributed by atoms with Gasteiger partial charge in [0, 0.05) is 6.54 Å². The molecule has 8 heteroatoms. The molecule has 114 valence electrons. The van der Waals surface area contributed by atoms with E-state index in [4.69, 9.17) is 4.74 Å². The summed E-state index contributed by atoms with van der Waals surface area (Å²) in [6.45, 7) is -1.86. The molecule has 0 saturated carbocycles. The highest BCUT2D eigenvalue weighted by Crippen LogP contribution is 2.31. The molecule has 0 bridgehead atoms. The second-order valence-corrected chi connectivity index (χ2v) is 4.33. The van der Waals surface area contributed by atoms with Crippen LogP contribution in [-0.2, 0) is 14.3 Å². The summed E-state index contributed by atoms with van der Waals surface area (Å²) in [6.07, 6.45) is -4.88. The second kappa shape index (κ2) is 6.02. The van der Waals surface area contributed by atoms with Crippen molar-refractivity contribution in [2.75, 3.05) is 24.7 Å². The average Bonchev–Trinajstić information content (AvgIpc) is 2.43. The Morgan fingerprint density at radius 1 is 1.33 bits per heavy atom. The summed E-state index contributed by atoms with van der Waals surface area (Å²) in [5, 5.41) is 0. The molecule has 0 aliphatic carbocycles. The Labute approximate surface area is 118 Å². The molecule has 1 aliphatic heterocycles. The van der Waals surface area contributed by atoms with E-state index in [-0.39, 0.29) is 25.5 Å². The number of amides is 1. The lowest BCUT2D eigenvalue weighted by Crippen LogP contribution is -2.40. The molecule has 1 aromatic rings. The van der Waals surface area contributed by atoms with Gasteiger partial charge in [-0.3, -0.25) is 9.59 Å². The van der Waals surface area contributed by atoms with Crippen molar-refractivity contribution in [3.8, 4) is 5.75 Å². The number of esters is 1. The first-order valence-electron chi connectivity index (χ1n) is 6.11. The van der Waals surface area contributed by atoms with Crippen molar-refractivity contribution in [2.24, 2.45) is 0 Å². The van der Waals surface area contributed by atoms with E-state index in [2.05, 4.69) is 4.74 Å². The molecule has 1 aliphatic rings. The molecule has 0 N–H and O–H groups in total. The van der Waals surface area contributed by atoms with E-state index < -0.39 is 18.8 Å². The lowest BCUT2D eigenvalue weighted by atomic mass is 10.2. The molecule has 0 saturated heterocycles. The number of fused-ring (bicyclic) bond motifs is 1. The third kappa shape index (κ3) is 4.11. The number of carbonyl (C=O) groups is 2. The molecule has 0 spiro atoms. The fourth-order valence-corrected chi connectivity index (χ4v) is 1.84. The molecular formula is C13H12F3NO4. The van der Waals surface area contributed by atoms with Gasteiger partial charge in [0.1, 0.15) is 5.75 Å². The first kappa shape index (κ1) is 15.1. The van der Waals surface area contributed by atoms with Gasteiger partial charge in [-0.2, -0.15) is 13.2 Å². The first-order chi connectivity index (χ1) is 9.87. The van der Waals surface area contributed by atoms with Gasteiger partial charge in [0.05, 0.1) is 12.1 Å². The topological polar surface area (TPSA) is 55.8 Å². The van der Waals surface area contributed by atoms with Gasteiger partial charge in [0.15, 0.2) is 13.2 Å². The Hall–Kier alpha value is -2.25. The summed E-state index contributed by atoms with van der Waals surface area (Å²) < 4.78 is 45.0. The number of ether oxygens (including phenoxy) is 2. The van der Waals surface area contributed by atoms with Gasteiger partial charge < -0.3 is 14.4 Å². The molecule has 1 heterocycles. The largest absolute Gasteiger partial charge is 0.482 e. The highest BCUT2D eigenvalue weighted by molar-refractivity contribution is 5.98. The molecule has 2 rings (SSSR count). The normalized spacial score (nSPS) is 14.4. The van der Waals surface area contributed by atoms with Crippen molar-refractivity contribution in [1.29, 1.82) is 0 Å². The van der Waals surface area contributed by atoms with Crippen LogP contribution in [0.3, 0.4) is 0 Å². The number of anilines is 1. The van der Waals surface area contributed by atoms with Crippen molar-refractivity contribution in [1.82, 2.24) is 0 Å². The summed E-state index contributed by atoms with van der Waals surface area (Å²) in [7, 11) is 0. The van der Waals surface area contributed by atoms with Crippen molar-refractivity contribution < 1.29 is 32.2 Å².